The van der Waals surface area contributed by atoms with Crippen LogP contribution in [0.1, 0.15) is 42.4 Å². The minimum absolute atomic E-state index is 0.567. The molecular formula is C37H40N2O2. The standard InChI is InChI=1S/C37H40N2O2/c1-29-11-20-36-33(25-29)26-37(32-14-18-35(19-15-32)41-28-31-9-5-4-6-10-31)39(36)27-30-12-16-34(17-13-30)40-24-23-38-21-7-2-3-8-22-38/h4-6,9-20,25-26H,2-3,7-8,21-24,27-28H2,1H3. The van der Waals surface area contributed by atoms with Gasteiger partial charge in [-0.05, 0) is 104 Å². The predicted octanol–water partition coefficient (Wildman–Crippen LogP) is 8.50. The second-order valence-corrected chi connectivity index (χ2v) is 11.2. The van der Waals surface area contributed by atoms with E-state index < -0.39 is 0 Å². The lowest BCUT2D eigenvalue weighted by Gasteiger charge is -2.19. The van der Waals surface area contributed by atoms with Gasteiger partial charge < -0.3 is 14.0 Å². The van der Waals surface area contributed by atoms with E-state index >= 15 is 0 Å². The summed E-state index contributed by atoms with van der Waals surface area (Å²) in [6.45, 7) is 7.68. The van der Waals surface area contributed by atoms with Crippen molar-refractivity contribution in [1.29, 1.82) is 0 Å². The van der Waals surface area contributed by atoms with Gasteiger partial charge in [-0.1, -0.05) is 66.9 Å². The Kier molecular flexibility index (Phi) is 8.68. The van der Waals surface area contributed by atoms with Crippen molar-refractivity contribution in [2.24, 2.45) is 0 Å². The van der Waals surface area contributed by atoms with Crippen LogP contribution in [0.5, 0.6) is 11.5 Å². The Morgan fingerprint density at radius 1 is 0.659 bits per heavy atom. The van der Waals surface area contributed by atoms with E-state index in [2.05, 4.69) is 101 Å². The average Bonchev–Trinajstić information content (AvgIpc) is 3.15. The van der Waals surface area contributed by atoms with Gasteiger partial charge in [0.2, 0.25) is 0 Å². The fraction of sp³-hybridized carbons (Fsp3) is 0.297. The third kappa shape index (κ3) is 7.01. The van der Waals surface area contributed by atoms with E-state index in [0.717, 1.165) is 31.2 Å². The largest absolute Gasteiger partial charge is 0.492 e. The van der Waals surface area contributed by atoms with Crippen LogP contribution in [0.4, 0.5) is 0 Å². The summed E-state index contributed by atoms with van der Waals surface area (Å²) in [5.41, 5.74) is 7.32. The maximum absolute atomic E-state index is 6.12. The summed E-state index contributed by atoms with van der Waals surface area (Å²) in [7, 11) is 0. The molecule has 2 heterocycles. The van der Waals surface area contributed by atoms with Crippen molar-refractivity contribution < 1.29 is 9.47 Å². The molecule has 0 atom stereocenters. The Balaban J connectivity index is 1.16. The summed E-state index contributed by atoms with van der Waals surface area (Å²) < 4.78 is 14.6. The van der Waals surface area contributed by atoms with E-state index in [1.165, 1.54) is 77.6 Å². The van der Waals surface area contributed by atoms with E-state index in [0.29, 0.717) is 6.61 Å². The van der Waals surface area contributed by atoms with E-state index in [-0.39, 0.29) is 0 Å². The summed E-state index contributed by atoms with van der Waals surface area (Å²) >= 11 is 0. The minimum atomic E-state index is 0.567. The molecule has 0 aliphatic carbocycles. The lowest BCUT2D eigenvalue weighted by atomic mass is 10.1. The molecule has 0 amide bonds. The van der Waals surface area contributed by atoms with Gasteiger partial charge in [0.05, 0.1) is 0 Å². The van der Waals surface area contributed by atoms with Gasteiger partial charge in [-0.3, -0.25) is 4.90 Å². The quantitative estimate of drug-likeness (QED) is 0.176. The zero-order chi connectivity index (χ0) is 27.9. The summed E-state index contributed by atoms with van der Waals surface area (Å²) in [5.74, 6) is 1.82. The molecule has 0 unspecified atom stereocenters. The van der Waals surface area contributed by atoms with Crippen molar-refractivity contribution in [2.75, 3.05) is 26.2 Å². The molecule has 0 saturated carbocycles. The molecule has 41 heavy (non-hydrogen) atoms. The number of hydrogen-bond donors (Lipinski definition) is 0. The summed E-state index contributed by atoms with van der Waals surface area (Å²) in [6.07, 6.45) is 5.36. The van der Waals surface area contributed by atoms with Crippen LogP contribution >= 0.6 is 0 Å². The van der Waals surface area contributed by atoms with Crippen molar-refractivity contribution in [1.82, 2.24) is 9.47 Å². The fourth-order valence-corrected chi connectivity index (χ4v) is 5.79. The lowest BCUT2D eigenvalue weighted by Crippen LogP contribution is -2.29. The van der Waals surface area contributed by atoms with E-state index in [1.807, 2.05) is 18.2 Å². The maximum atomic E-state index is 6.12. The highest BCUT2D eigenvalue weighted by Crippen LogP contribution is 2.31. The first-order valence-corrected chi connectivity index (χ1v) is 15.0. The van der Waals surface area contributed by atoms with Crippen LogP contribution in [0, 0.1) is 6.92 Å². The Bertz CT molecular complexity index is 1530. The van der Waals surface area contributed by atoms with Crippen molar-refractivity contribution in [3.63, 3.8) is 0 Å². The average molecular weight is 545 g/mol. The molecule has 1 aromatic heterocycles. The van der Waals surface area contributed by atoms with Gasteiger partial charge in [-0.15, -0.1) is 0 Å². The highest BCUT2D eigenvalue weighted by Gasteiger charge is 2.13. The molecular weight excluding hydrogens is 504 g/mol. The molecule has 0 bridgehead atoms. The van der Waals surface area contributed by atoms with Crippen molar-refractivity contribution in [3.8, 4) is 22.8 Å². The van der Waals surface area contributed by atoms with Crippen molar-refractivity contribution >= 4 is 10.9 Å². The number of hydrogen-bond acceptors (Lipinski definition) is 3. The van der Waals surface area contributed by atoms with Gasteiger partial charge in [0.1, 0.15) is 24.7 Å². The third-order valence-corrected chi connectivity index (χ3v) is 8.09. The molecule has 0 radical (unpaired) electrons. The molecule has 0 N–H and O–H groups in total. The number of benzene rings is 4. The molecule has 4 nitrogen and oxygen atoms in total. The first-order valence-electron chi connectivity index (χ1n) is 15.0. The van der Waals surface area contributed by atoms with Crippen LogP contribution < -0.4 is 9.47 Å². The molecule has 1 saturated heterocycles. The lowest BCUT2D eigenvalue weighted by molar-refractivity contribution is 0.214. The molecule has 1 fully saturated rings. The van der Waals surface area contributed by atoms with Gasteiger partial charge >= 0.3 is 0 Å². The van der Waals surface area contributed by atoms with Crippen LogP contribution in [-0.4, -0.2) is 35.7 Å². The third-order valence-electron chi connectivity index (χ3n) is 8.09. The molecule has 4 aromatic carbocycles. The Morgan fingerprint density at radius 3 is 2.12 bits per heavy atom. The smallest absolute Gasteiger partial charge is 0.119 e. The fourth-order valence-electron chi connectivity index (χ4n) is 5.79. The summed E-state index contributed by atoms with van der Waals surface area (Å²) in [4.78, 5) is 2.55. The van der Waals surface area contributed by atoms with Crippen LogP contribution in [0.15, 0.2) is 103 Å². The van der Waals surface area contributed by atoms with Crippen LogP contribution in [0.2, 0.25) is 0 Å². The summed E-state index contributed by atoms with van der Waals surface area (Å²) in [5, 5.41) is 1.26. The van der Waals surface area contributed by atoms with Gasteiger partial charge in [-0.25, -0.2) is 0 Å². The number of likely N-dealkylation sites (tertiary alicyclic amines) is 1. The van der Waals surface area contributed by atoms with E-state index in [4.69, 9.17) is 9.47 Å². The van der Waals surface area contributed by atoms with Gasteiger partial charge in [0.25, 0.3) is 0 Å². The Labute approximate surface area is 244 Å². The highest BCUT2D eigenvalue weighted by atomic mass is 16.5. The number of nitrogens with zero attached hydrogens (tertiary/aromatic N) is 2. The monoisotopic (exact) mass is 544 g/mol. The van der Waals surface area contributed by atoms with Gasteiger partial charge in [0.15, 0.2) is 0 Å². The zero-order valence-electron chi connectivity index (χ0n) is 24.1. The highest BCUT2D eigenvalue weighted by molar-refractivity contribution is 5.87. The minimum Gasteiger partial charge on any atom is -0.492 e. The van der Waals surface area contributed by atoms with Crippen molar-refractivity contribution in [2.45, 2.75) is 45.8 Å². The zero-order valence-corrected chi connectivity index (χ0v) is 24.1. The van der Waals surface area contributed by atoms with Crippen molar-refractivity contribution in [3.05, 3.63) is 120 Å². The molecule has 6 rings (SSSR count). The normalized spacial score (nSPS) is 14.2. The number of fused-ring (bicyclic) bond motifs is 1. The number of aromatic nitrogens is 1. The number of aryl methyl sites for hydroxylation is 1. The molecule has 1 aliphatic heterocycles. The Morgan fingerprint density at radius 2 is 1.37 bits per heavy atom. The maximum Gasteiger partial charge on any atom is 0.119 e. The van der Waals surface area contributed by atoms with E-state index in [9.17, 15) is 0 Å². The van der Waals surface area contributed by atoms with Crippen LogP contribution in [-0.2, 0) is 13.2 Å². The topological polar surface area (TPSA) is 26.6 Å². The number of rotatable bonds is 10. The SMILES string of the molecule is Cc1ccc2c(c1)cc(-c1ccc(OCc3ccccc3)cc1)n2Cc1ccc(OCCN2CCCCCC2)cc1. The first kappa shape index (κ1) is 27.2. The van der Waals surface area contributed by atoms with Gasteiger partial charge in [-0.2, -0.15) is 0 Å². The van der Waals surface area contributed by atoms with E-state index in [1.54, 1.807) is 0 Å². The molecule has 5 aromatic rings. The first-order chi connectivity index (χ1) is 20.2. The molecule has 1 aliphatic rings. The van der Waals surface area contributed by atoms with Gasteiger partial charge in [0, 0.05) is 29.7 Å². The second-order valence-electron chi connectivity index (χ2n) is 11.2. The molecule has 4 heteroatoms. The van der Waals surface area contributed by atoms with Crippen LogP contribution in [0.25, 0.3) is 22.2 Å². The van der Waals surface area contributed by atoms with Crippen LogP contribution in [0.3, 0.4) is 0 Å². The predicted molar refractivity (Wildman–Crippen MR) is 169 cm³/mol. The second kappa shape index (κ2) is 13.1. The number of ether oxygens (including phenoxy) is 2. The molecule has 210 valence electrons. The summed E-state index contributed by atoms with van der Waals surface area (Å²) in [6, 6.07) is 36.4. The Hall–Kier alpha value is -4.02. The molecule has 0 spiro atoms.